The number of rotatable bonds is 4. The molecule has 0 aliphatic heterocycles. The van der Waals surface area contributed by atoms with E-state index in [1.807, 2.05) is 11.3 Å². The molecule has 0 aliphatic carbocycles. The lowest BCUT2D eigenvalue weighted by Gasteiger charge is -2.26. The zero-order valence-corrected chi connectivity index (χ0v) is 27.7. The van der Waals surface area contributed by atoms with Crippen LogP contribution in [0.3, 0.4) is 0 Å². The molecular weight excluding hydrogens is 629 g/mol. The lowest BCUT2D eigenvalue weighted by atomic mass is 10.0. The fourth-order valence-electron chi connectivity index (χ4n) is 7.95. The van der Waals surface area contributed by atoms with E-state index in [-0.39, 0.29) is 0 Å². The fraction of sp³-hybridized carbons (Fsp3) is 0. The summed E-state index contributed by atoms with van der Waals surface area (Å²) >= 11 is 1.85. The van der Waals surface area contributed by atoms with Crippen molar-refractivity contribution in [2.75, 3.05) is 4.90 Å². The van der Waals surface area contributed by atoms with Gasteiger partial charge in [-0.3, -0.25) is 0 Å². The summed E-state index contributed by atoms with van der Waals surface area (Å²) in [4.78, 5) is 2.42. The minimum Gasteiger partial charge on any atom is -0.455 e. The molecule has 11 aromatic rings. The smallest absolute Gasteiger partial charge is 0.143 e. The molecular formula is C46H28N2OS. The Morgan fingerprint density at radius 1 is 0.460 bits per heavy atom. The predicted octanol–water partition coefficient (Wildman–Crippen LogP) is 13.7. The Kier molecular flexibility index (Phi) is 5.83. The first-order valence-corrected chi connectivity index (χ1v) is 17.7. The molecule has 4 heteroatoms. The van der Waals surface area contributed by atoms with Gasteiger partial charge in [0.25, 0.3) is 0 Å². The van der Waals surface area contributed by atoms with Gasteiger partial charge in [-0.1, -0.05) is 91.0 Å². The van der Waals surface area contributed by atoms with Crippen molar-refractivity contribution >= 4 is 103 Å². The molecule has 3 heterocycles. The van der Waals surface area contributed by atoms with Gasteiger partial charge in [-0.15, -0.1) is 11.3 Å². The van der Waals surface area contributed by atoms with Gasteiger partial charge in [0, 0.05) is 70.2 Å². The SMILES string of the molecule is c1ccc(-n2c3ccccc3c3c(N(c4ccc5c(c4)oc4c6ccccc6ccc54)c4ccc5sc6ccccc6c5c4)cccc32)cc1. The number of fused-ring (bicyclic) bond motifs is 11. The second-order valence-corrected chi connectivity index (χ2v) is 14.0. The molecule has 234 valence electrons. The highest BCUT2D eigenvalue weighted by Crippen LogP contribution is 2.47. The Morgan fingerprint density at radius 2 is 1.16 bits per heavy atom. The zero-order chi connectivity index (χ0) is 32.8. The summed E-state index contributed by atoms with van der Waals surface area (Å²) in [6, 6.07) is 61.3. The van der Waals surface area contributed by atoms with Gasteiger partial charge in [-0.25, -0.2) is 0 Å². The van der Waals surface area contributed by atoms with Crippen LogP contribution in [0.2, 0.25) is 0 Å². The quantitative estimate of drug-likeness (QED) is 0.188. The van der Waals surface area contributed by atoms with Gasteiger partial charge in [0.2, 0.25) is 0 Å². The molecule has 0 unspecified atom stereocenters. The van der Waals surface area contributed by atoms with Gasteiger partial charge in [-0.2, -0.15) is 0 Å². The summed E-state index contributed by atoms with van der Waals surface area (Å²) < 4.78 is 11.7. The number of anilines is 3. The first kappa shape index (κ1) is 27.6. The molecule has 50 heavy (non-hydrogen) atoms. The van der Waals surface area contributed by atoms with Crippen LogP contribution in [0.4, 0.5) is 17.1 Å². The Hall–Kier alpha value is -6.36. The first-order chi connectivity index (χ1) is 24.8. The van der Waals surface area contributed by atoms with Crippen LogP contribution in [0.15, 0.2) is 174 Å². The third-order valence-corrected chi connectivity index (χ3v) is 11.3. The minimum atomic E-state index is 0.875. The lowest BCUT2D eigenvalue weighted by molar-refractivity contribution is 0.673. The molecule has 8 aromatic carbocycles. The van der Waals surface area contributed by atoms with Gasteiger partial charge >= 0.3 is 0 Å². The molecule has 0 bridgehead atoms. The topological polar surface area (TPSA) is 21.3 Å². The summed E-state index contributed by atoms with van der Waals surface area (Å²) in [6.45, 7) is 0. The van der Waals surface area contributed by atoms with Crippen LogP contribution in [0.1, 0.15) is 0 Å². The highest BCUT2D eigenvalue weighted by molar-refractivity contribution is 7.25. The van der Waals surface area contributed by atoms with E-state index < -0.39 is 0 Å². The van der Waals surface area contributed by atoms with Crippen LogP contribution in [-0.2, 0) is 0 Å². The second-order valence-electron chi connectivity index (χ2n) is 12.9. The summed E-state index contributed by atoms with van der Waals surface area (Å²) in [5, 5.41) is 9.54. The summed E-state index contributed by atoms with van der Waals surface area (Å²) in [7, 11) is 0. The van der Waals surface area contributed by atoms with Crippen molar-refractivity contribution < 1.29 is 4.42 Å². The summed E-state index contributed by atoms with van der Waals surface area (Å²) in [6.07, 6.45) is 0. The molecule has 0 atom stereocenters. The van der Waals surface area contributed by atoms with E-state index in [0.717, 1.165) is 50.1 Å². The minimum absolute atomic E-state index is 0.875. The van der Waals surface area contributed by atoms with E-state index in [1.54, 1.807) is 0 Å². The Morgan fingerprint density at radius 3 is 2.08 bits per heavy atom. The molecule has 3 aromatic heterocycles. The third-order valence-electron chi connectivity index (χ3n) is 10.2. The maximum absolute atomic E-state index is 6.73. The molecule has 0 radical (unpaired) electrons. The third kappa shape index (κ3) is 3.97. The van der Waals surface area contributed by atoms with Crippen LogP contribution < -0.4 is 4.90 Å². The van der Waals surface area contributed by atoms with Crippen molar-refractivity contribution in [3.63, 3.8) is 0 Å². The molecule has 0 saturated heterocycles. The standard InChI is InChI=1S/C46H28N2OS/c1-2-12-30(13-3-1)48-39-17-8-6-16-37(39)45-40(18-10-19-41(45)48)47(31-23-26-44-38(27-31)35-15-7-9-20-43(35)50-44)32-22-25-34-36-24-21-29-11-4-5-14-33(29)46(36)49-42(34)28-32/h1-28H. The number of para-hydroxylation sites is 2. The number of aromatic nitrogens is 1. The molecule has 0 amide bonds. The predicted molar refractivity (Wildman–Crippen MR) is 213 cm³/mol. The van der Waals surface area contributed by atoms with Crippen molar-refractivity contribution in [3.05, 3.63) is 170 Å². The van der Waals surface area contributed by atoms with Crippen molar-refractivity contribution in [3.8, 4) is 5.69 Å². The molecule has 3 nitrogen and oxygen atoms in total. The van der Waals surface area contributed by atoms with Crippen molar-refractivity contribution in [1.29, 1.82) is 0 Å². The van der Waals surface area contributed by atoms with Gasteiger partial charge in [0.15, 0.2) is 0 Å². The summed E-state index contributed by atoms with van der Waals surface area (Å²) in [5.74, 6) is 0. The summed E-state index contributed by atoms with van der Waals surface area (Å²) in [5.41, 5.74) is 8.56. The average molecular weight is 657 g/mol. The van der Waals surface area contributed by atoms with Crippen LogP contribution in [-0.4, -0.2) is 4.57 Å². The Labute approximate surface area is 291 Å². The van der Waals surface area contributed by atoms with Crippen LogP contribution in [0.5, 0.6) is 0 Å². The number of benzene rings is 8. The zero-order valence-electron chi connectivity index (χ0n) is 26.9. The van der Waals surface area contributed by atoms with E-state index in [1.165, 1.54) is 47.4 Å². The molecule has 0 aliphatic rings. The van der Waals surface area contributed by atoms with Crippen LogP contribution in [0.25, 0.3) is 80.4 Å². The Bertz CT molecular complexity index is 3110. The van der Waals surface area contributed by atoms with Crippen LogP contribution in [0, 0.1) is 0 Å². The largest absolute Gasteiger partial charge is 0.455 e. The number of furan rings is 1. The number of nitrogens with zero attached hydrogens (tertiary/aromatic N) is 2. The lowest BCUT2D eigenvalue weighted by Crippen LogP contribution is -2.10. The van der Waals surface area contributed by atoms with E-state index in [2.05, 4.69) is 179 Å². The van der Waals surface area contributed by atoms with Gasteiger partial charge in [0.1, 0.15) is 11.2 Å². The number of thiophene rings is 1. The van der Waals surface area contributed by atoms with Gasteiger partial charge in [-0.05, 0) is 78.2 Å². The molecule has 0 saturated carbocycles. The van der Waals surface area contributed by atoms with E-state index >= 15 is 0 Å². The number of hydrogen-bond acceptors (Lipinski definition) is 3. The van der Waals surface area contributed by atoms with Crippen molar-refractivity contribution in [1.82, 2.24) is 4.57 Å². The molecule has 0 spiro atoms. The monoisotopic (exact) mass is 656 g/mol. The number of hydrogen-bond donors (Lipinski definition) is 0. The van der Waals surface area contributed by atoms with Gasteiger partial charge in [0.05, 0.1) is 16.7 Å². The van der Waals surface area contributed by atoms with E-state index in [4.69, 9.17) is 4.42 Å². The van der Waals surface area contributed by atoms with Crippen molar-refractivity contribution in [2.24, 2.45) is 0 Å². The molecule has 0 fully saturated rings. The van der Waals surface area contributed by atoms with Crippen LogP contribution >= 0.6 is 11.3 Å². The Balaban J connectivity index is 1.22. The molecule has 0 N–H and O–H groups in total. The highest BCUT2D eigenvalue weighted by atomic mass is 32.1. The second kappa shape index (κ2) is 10.6. The van der Waals surface area contributed by atoms with Gasteiger partial charge < -0.3 is 13.9 Å². The fourth-order valence-corrected chi connectivity index (χ4v) is 9.04. The normalized spacial score (nSPS) is 12.0. The first-order valence-electron chi connectivity index (χ1n) is 16.9. The maximum Gasteiger partial charge on any atom is 0.143 e. The highest BCUT2D eigenvalue weighted by Gasteiger charge is 2.23. The van der Waals surface area contributed by atoms with Crippen molar-refractivity contribution in [2.45, 2.75) is 0 Å². The maximum atomic E-state index is 6.73. The average Bonchev–Trinajstić information content (AvgIpc) is 3.85. The van der Waals surface area contributed by atoms with E-state index in [0.29, 0.717) is 0 Å². The van der Waals surface area contributed by atoms with E-state index in [9.17, 15) is 0 Å². The molecule has 11 rings (SSSR count).